The molecule has 10 rings (SSSR count). The zero-order chi connectivity index (χ0) is 39.2. The Morgan fingerprint density at radius 3 is 2.60 bits per heavy atom. The molecule has 0 N–H and O–H groups in total. The first kappa shape index (κ1) is 36.1. The monoisotopic (exact) mass is 770 g/mol. The van der Waals surface area contributed by atoms with Gasteiger partial charge in [0.15, 0.2) is 0 Å². The van der Waals surface area contributed by atoms with Gasteiger partial charge in [-0.3, -0.25) is 4.99 Å². The van der Waals surface area contributed by atoms with Gasteiger partial charge in [0.2, 0.25) is 0 Å². The second-order valence-corrected chi connectivity index (χ2v) is 16.8. The van der Waals surface area contributed by atoms with Gasteiger partial charge in [-0.2, -0.15) is 0 Å². The molecule has 0 amide bonds. The minimum atomic E-state index is 0.182. The van der Waals surface area contributed by atoms with E-state index in [0.717, 1.165) is 37.0 Å². The van der Waals surface area contributed by atoms with Crippen LogP contribution in [0.2, 0.25) is 0 Å². The first-order valence-corrected chi connectivity index (χ1v) is 21.3. The smallest absolute Gasteiger partial charge is 0.130 e. The number of anilines is 1. The van der Waals surface area contributed by atoms with Crippen LogP contribution in [-0.4, -0.2) is 12.8 Å². The van der Waals surface area contributed by atoms with Crippen LogP contribution in [0.5, 0.6) is 0 Å². The zero-order valence-electron chi connectivity index (χ0n) is 32.9. The predicted octanol–water partition coefficient (Wildman–Crippen LogP) is 14.0. The Balaban J connectivity index is 1.08. The standard InChI is InChI=1S/C54H46N2OS/c1-35(55-3)30-31-38-32-47-43-22-9-10-23-44(43)48(33-49(47)53(38)57-34-39-18-13-17-37-16-7-8-21-42(37)39)41-25-14-27-50(36(41)2)56(40-19-5-4-6-20-40)51-28-15-26-46-45-24-11-12-29-52(45)58-54(46)51/h4-9,11-19,21-22,24-31,33,36,40-41H,1,3,10,20,23,32,34H2,2H3/b31-30-. The molecule has 6 aromatic rings. The van der Waals surface area contributed by atoms with Crippen molar-refractivity contribution in [3.8, 4) is 0 Å². The van der Waals surface area contributed by atoms with Crippen LogP contribution in [0.3, 0.4) is 0 Å². The molecule has 3 atom stereocenters. The Morgan fingerprint density at radius 1 is 0.897 bits per heavy atom. The van der Waals surface area contributed by atoms with Crippen LogP contribution in [0, 0.1) is 5.92 Å². The molecule has 0 aliphatic heterocycles. The number of fused-ring (bicyclic) bond motifs is 7. The zero-order valence-corrected chi connectivity index (χ0v) is 33.7. The largest absolute Gasteiger partial charge is 0.488 e. The molecule has 0 saturated heterocycles. The highest BCUT2D eigenvalue weighted by Crippen LogP contribution is 2.49. The summed E-state index contributed by atoms with van der Waals surface area (Å²) in [6.07, 6.45) is 28.9. The lowest BCUT2D eigenvalue weighted by Gasteiger charge is -2.41. The predicted molar refractivity (Wildman–Crippen MR) is 249 cm³/mol. The van der Waals surface area contributed by atoms with E-state index in [1.807, 2.05) is 17.4 Å². The van der Waals surface area contributed by atoms with Crippen molar-refractivity contribution in [2.45, 2.75) is 51.2 Å². The number of benzene rings is 5. The molecule has 0 spiro atoms. The van der Waals surface area contributed by atoms with Gasteiger partial charge in [-0.15, -0.1) is 11.3 Å². The van der Waals surface area contributed by atoms with Gasteiger partial charge < -0.3 is 9.64 Å². The number of aliphatic imine (C=N–C) groups is 1. The Kier molecular flexibility index (Phi) is 9.51. The van der Waals surface area contributed by atoms with Gasteiger partial charge in [-0.25, -0.2) is 0 Å². The van der Waals surface area contributed by atoms with Crippen molar-refractivity contribution in [3.05, 3.63) is 209 Å². The van der Waals surface area contributed by atoms with E-state index >= 15 is 0 Å². The molecule has 1 heterocycles. The van der Waals surface area contributed by atoms with E-state index in [4.69, 9.17) is 4.74 Å². The van der Waals surface area contributed by atoms with Crippen molar-refractivity contribution in [1.82, 2.24) is 0 Å². The van der Waals surface area contributed by atoms with Crippen molar-refractivity contribution in [2.24, 2.45) is 10.9 Å². The summed E-state index contributed by atoms with van der Waals surface area (Å²) in [6, 6.07) is 33.5. The maximum atomic E-state index is 7.00. The van der Waals surface area contributed by atoms with Crippen LogP contribution in [-0.2, 0) is 24.2 Å². The number of thiophene rings is 1. The maximum absolute atomic E-state index is 7.00. The van der Waals surface area contributed by atoms with Gasteiger partial charge in [-0.1, -0.05) is 141 Å². The summed E-state index contributed by atoms with van der Waals surface area (Å²) in [5.74, 6) is 1.34. The van der Waals surface area contributed by atoms with Crippen molar-refractivity contribution < 1.29 is 4.74 Å². The molecule has 0 fully saturated rings. The van der Waals surface area contributed by atoms with E-state index in [0.29, 0.717) is 12.3 Å². The normalized spacial score (nSPS) is 19.6. The number of nitrogens with zero attached hydrogens (tertiary/aromatic N) is 2. The van der Waals surface area contributed by atoms with Crippen LogP contribution in [0.15, 0.2) is 180 Å². The molecule has 284 valence electrons. The molecule has 0 bridgehead atoms. The first-order chi connectivity index (χ1) is 28.6. The fourth-order valence-electron chi connectivity index (χ4n) is 9.62. The van der Waals surface area contributed by atoms with E-state index in [2.05, 4.69) is 182 Å². The topological polar surface area (TPSA) is 24.8 Å². The molecule has 0 saturated carbocycles. The van der Waals surface area contributed by atoms with Crippen LogP contribution in [0.1, 0.15) is 59.1 Å². The molecule has 4 aliphatic rings. The third-order valence-electron chi connectivity index (χ3n) is 12.5. The third-order valence-corrected chi connectivity index (χ3v) is 13.7. The summed E-state index contributed by atoms with van der Waals surface area (Å²) in [5.41, 5.74) is 12.4. The molecular formula is C54H46N2OS. The van der Waals surface area contributed by atoms with Crippen molar-refractivity contribution in [1.29, 1.82) is 0 Å². The van der Waals surface area contributed by atoms with Crippen LogP contribution < -0.4 is 4.90 Å². The average Bonchev–Trinajstić information content (AvgIpc) is 3.84. The van der Waals surface area contributed by atoms with E-state index in [1.54, 1.807) is 0 Å². The minimum Gasteiger partial charge on any atom is -0.488 e. The highest BCUT2D eigenvalue weighted by molar-refractivity contribution is 7.26. The Labute approximate surface area is 345 Å². The Hall–Kier alpha value is -6.23. The van der Waals surface area contributed by atoms with Gasteiger partial charge in [0.1, 0.15) is 12.4 Å². The summed E-state index contributed by atoms with van der Waals surface area (Å²) in [7, 11) is 0. The number of hydrogen-bond acceptors (Lipinski definition) is 4. The molecule has 4 heteroatoms. The number of allylic oxidation sites excluding steroid dienone is 10. The van der Waals surface area contributed by atoms with Gasteiger partial charge in [-0.05, 0) is 100 Å². The fourth-order valence-corrected chi connectivity index (χ4v) is 10.8. The lowest BCUT2D eigenvalue weighted by molar-refractivity contribution is 0.265. The van der Waals surface area contributed by atoms with Gasteiger partial charge in [0, 0.05) is 45.0 Å². The first-order valence-electron chi connectivity index (χ1n) is 20.5. The number of hydrogen-bond donors (Lipinski definition) is 0. The molecule has 5 aromatic carbocycles. The summed E-state index contributed by atoms with van der Waals surface area (Å²) in [6.45, 7) is 10.7. The van der Waals surface area contributed by atoms with Gasteiger partial charge in [0.05, 0.1) is 22.1 Å². The molecule has 58 heavy (non-hydrogen) atoms. The molecule has 3 unspecified atom stereocenters. The quantitative estimate of drug-likeness (QED) is 0.102. The van der Waals surface area contributed by atoms with Crippen molar-refractivity contribution >= 4 is 66.5 Å². The second kappa shape index (κ2) is 15.3. The summed E-state index contributed by atoms with van der Waals surface area (Å²) >= 11 is 1.91. The summed E-state index contributed by atoms with van der Waals surface area (Å²) in [4.78, 5) is 6.73. The van der Waals surface area contributed by atoms with E-state index in [-0.39, 0.29) is 17.9 Å². The van der Waals surface area contributed by atoms with Crippen LogP contribution >= 0.6 is 11.3 Å². The highest BCUT2D eigenvalue weighted by atomic mass is 32.1. The van der Waals surface area contributed by atoms with Gasteiger partial charge >= 0.3 is 0 Å². The molecule has 4 aliphatic carbocycles. The van der Waals surface area contributed by atoms with E-state index < -0.39 is 0 Å². The molecular weight excluding hydrogens is 725 g/mol. The maximum Gasteiger partial charge on any atom is 0.130 e. The molecule has 3 nitrogen and oxygen atoms in total. The van der Waals surface area contributed by atoms with E-state index in [9.17, 15) is 0 Å². The Bertz CT molecular complexity index is 2870. The second-order valence-electron chi connectivity index (χ2n) is 15.8. The van der Waals surface area contributed by atoms with Crippen molar-refractivity contribution in [3.63, 3.8) is 0 Å². The number of rotatable bonds is 10. The number of ether oxygens (including phenoxy) is 1. The summed E-state index contributed by atoms with van der Waals surface area (Å²) < 4.78 is 9.68. The van der Waals surface area contributed by atoms with Gasteiger partial charge in [0.25, 0.3) is 0 Å². The SMILES string of the molecule is C=NC(=C)/C=C\C1=C(OCc2cccc3ccccc23)c2cc(C3C=CC=C(N(c4cccc5c4sc4ccccc45)C4C=CC=CC4)C3C)c3c(c2C1)C=CCC3. The average molecular weight is 771 g/mol. The minimum absolute atomic E-state index is 0.182. The van der Waals surface area contributed by atoms with E-state index in [1.165, 1.54) is 75.7 Å². The fraction of sp³-hybridized carbons (Fsp3) is 0.167. The molecule has 1 aromatic heterocycles. The van der Waals surface area contributed by atoms with Crippen LogP contribution in [0.4, 0.5) is 5.69 Å². The van der Waals surface area contributed by atoms with Crippen LogP contribution in [0.25, 0.3) is 42.8 Å². The molecule has 0 radical (unpaired) electrons. The highest BCUT2D eigenvalue weighted by Gasteiger charge is 2.35. The Morgan fingerprint density at radius 2 is 1.72 bits per heavy atom. The summed E-state index contributed by atoms with van der Waals surface area (Å²) in [5, 5.41) is 5.10. The lowest BCUT2D eigenvalue weighted by Crippen LogP contribution is -2.38. The third kappa shape index (κ3) is 6.33. The van der Waals surface area contributed by atoms with Crippen molar-refractivity contribution in [2.75, 3.05) is 4.90 Å². The lowest BCUT2D eigenvalue weighted by atomic mass is 9.75.